The van der Waals surface area contributed by atoms with Crippen molar-refractivity contribution >= 4 is 20.6 Å². The van der Waals surface area contributed by atoms with E-state index in [1.165, 1.54) is 6.26 Å². The Labute approximate surface area is 278 Å². The van der Waals surface area contributed by atoms with Gasteiger partial charge in [-0.3, -0.25) is 4.90 Å². The topological polar surface area (TPSA) is 104 Å². The number of hydrogen-bond donors (Lipinski definition) is 1. The molecule has 1 N–H and O–H groups in total. The summed E-state index contributed by atoms with van der Waals surface area (Å²) in [6.45, 7) is 9.83. The molecule has 254 valence electrons. The van der Waals surface area contributed by atoms with Crippen molar-refractivity contribution in [3.8, 4) is 34.1 Å². The van der Waals surface area contributed by atoms with Crippen molar-refractivity contribution in [1.82, 2.24) is 4.90 Å². The van der Waals surface area contributed by atoms with Crippen LogP contribution in [0, 0.1) is 0 Å². The third kappa shape index (κ3) is 11.2. The van der Waals surface area contributed by atoms with Crippen LogP contribution in [0.15, 0.2) is 83.8 Å². The van der Waals surface area contributed by atoms with Crippen LogP contribution in [0.2, 0.25) is 0 Å². The Morgan fingerprint density at radius 3 is 2.04 bits per heavy atom. The highest BCUT2D eigenvalue weighted by molar-refractivity contribution is 7.90. The molecule has 0 heterocycles. The fourth-order valence-corrected chi connectivity index (χ4v) is 5.58. The molecule has 0 fully saturated rings. The lowest BCUT2D eigenvalue weighted by Gasteiger charge is -2.20. The van der Waals surface area contributed by atoms with Crippen LogP contribution in [0.25, 0.3) is 21.9 Å². The number of fused-ring (bicyclic) bond motifs is 1. The Morgan fingerprint density at radius 1 is 0.702 bits per heavy atom. The Kier molecular flexibility index (Phi) is 14.3. The van der Waals surface area contributed by atoms with Crippen molar-refractivity contribution < 1.29 is 37.2 Å². The monoisotopic (exact) mass is 665 g/mol. The van der Waals surface area contributed by atoms with E-state index < -0.39 is 9.84 Å². The van der Waals surface area contributed by atoms with Gasteiger partial charge >= 0.3 is 0 Å². The molecule has 0 saturated carbocycles. The normalized spacial score (nSPS) is 11.7. The van der Waals surface area contributed by atoms with Gasteiger partial charge in [0.2, 0.25) is 0 Å². The highest BCUT2D eigenvalue weighted by Crippen LogP contribution is 2.41. The number of aliphatic hydroxyl groups is 1. The van der Waals surface area contributed by atoms with Gasteiger partial charge in [-0.15, -0.1) is 0 Å². The first-order valence-electron chi connectivity index (χ1n) is 16.2. The number of ether oxygens (including phenoxy) is 5. The van der Waals surface area contributed by atoms with Gasteiger partial charge in [-0.2, -0.15) is 0 Å². The molecule has 4 aromatic carbocycles. The Morgan fingerprint density at radius 2 is 1.36 bits per heavy atom. The van der Waals surface area contributed by atoms with Crippen molar-refractivity contribution in [3.05, 3.63) is 78.9 Å². The second-order valence-corrected chi connectivity index (χ2v) is 13.1. The lowest BCUT2D eigenvalue weighted by molar-refractivity contribution is 0.0260. The van der Waals surface area contributed by atoms with Crippen LogP contribution < -0.4 is 14.2 Å². The number of sulfone groups is 1. The smallest absolute Gasteiger partial charge is 0.175 e. The fourth-order valence-electron chi connectivity index (χ4n) is 4.95. The maximum absolute atomic E-state index is 12.1. The number of benzene rings is 4. The van der Waals surface area contributed by atoms with Crippen LogP contribution in [0.3, 0.4) is 0 Å². The maximum atomic E-state index is 12.1. The molecule has 9 nitrogen and oxygen atoms in total. The molecule has 0 aromatic heterocycles. The van der Waals surface area contributed by atoms with E-state index in [1.54, 1.807) is 12.1 Å². The summed E-state index contributed by atoms with van der Waals surface area (Å²) < 4.78 is 53.5. The molecule has 0 aliphatic rings. The highest BCUT2D eigenvalue weighted by Gasteiger charge is 2.15. The van der Waals surface area contributed by atoms with Gasteiger partial charge in [0, 0.05) is 30.3 Å². The summed E-state index contributed by atoms with van der Waals surface area (Å²) in [5.74, 6) is 2.87. The van der Waals surface area contributed by atoms with E-state index in [2.05, 4.69) is 18.7 Å². The molecule has 0 saturated heterocycles. The number of rotatable bonds is 21. The number of hydrogen-bond acceptors (Lipinski definition) is 9. The molecule has 4 aromatic rings. The first-order chi connectivity index (χ1) is 22.8. The van der Waals surface area contributed by atoms with E-state index in [9.17, 15) is 8.42 Å². The number of nitrogens with zero attached hydrogens (tertiary/aromatic N) is 1. The highest BCUT2D eigenvalue weighted by atomic mass is 32.2. The molecule has 0 radical (unpaired) electrons. The largest absolute Gasteiger partial charge is 0.494 e. The molecule has 0 bridgehead atoms. The van der Waals surface area contributed by atoms with E-state index in [0.717, 1.165) is 65.9 Å². The zero-order chi connectivity index (χ0) is 33.5. The Bertz CT molecular complexity index is 1630. The van der Waals surface area contributed by atoms with Crippen LogP contribution >= 0.6 is 0 Å². The Balaban J connectivity index is 1.44. The first-order valence-corrected chi connectivity index (χ1v) is 18.1. The van der Waals surface area contributed by atoms with Crippen LogP contribution in [0.4, 0.5) is 0 Å². The average molecular weight is 666 g/mol. The summed E-state index contributed by atoms with van der Waals surface area (Å²) in [5.41, 5.74) is 1.69. The second kappa shape index (κ2) is 18.6. The van der Waals surface area contributed by atoms with Crippen molar-refractivity contribution in [2.24, 2.45) is 0 Å². The standard InChI is InChI=1S/C37H47NO8S/c1-4-6-22-44-33-14-18-36-30(28-33)9-17-35(29-7-15-34(16-8-29)47(3,40)41)37(36)46-32-12-10-31(11-13-32)45-24-20-38(5-2)19-23-42-26-27-43-25-21-39/h7-18,28,39H,4-6,19-27H2,1-3H3. The van der Waals surface area contributed by atoms with Gasteiger partial charge in [0.25, 0.3) is 0 Å². The zero-order valence-corrected chi connectivity index (χ0v) is 28.5. The van der Waals surface area contributed by atoms with Crippen LogP contribution in [-0.4, -0.2) is 90.6 Å². The summed E-state index contributed by atoms with van der Waals surface area (Å²) in [6.07, 6.45) is 3.26. The molecule has 0 spiro atoms. The molecule has 0 aliphatic heterocycles. The summed E-state index contributed by atoms with van der Waals surface area (Å²) in [6, 6.07) is 24.4. The summed E-state index contributed by atoms with van der Waals surface area (Å²) >= 11 is 0. The third-order valence-electron chi connectivity index (χ3n) is 7.63. The minimum absolute atomic E-state index is 0.0199. The molecule has 47 heavy (non-hydrogen) atoms. The van der Waals surface area contributed by atoms with Crippen molar-refractivity contribution in [1.29, 1.82) is 0 Å². The van der Waals surface area contributed by atoms with Gasteiger partial charge in [0.15, 0.2) is 9.84 Å². The van der Waals surface area contributed by atoms with Crippen molar-refractivity contribution in [2.75, 3.05) is 72.1 Å². The quantitative estimate of drug-likeness (QED) is 0.0986. The van der Waals surface area contributed by atoms with E-state index in [-0.39, 0.29) is 11.5 Å². The van der Waals surface area contributed by atoms with Crippen molar-refractivity contribution in [3.63, 3.8) is 0 Å². The molecule has 0 amide bonds. The van der Waals surface area contributed by atoms with Gasteiger partial charge in [0.05, 0.1) is 44.5 Å². The number of likely N-dealkylation sites (N-methyl/N-ethyl adjacent to an activating group) is 1. The van der Waals surface area contributed by atoms with Crippen molar-refractivity contribution in [2.45, 2.75) is 31.6 Å². The van der Waals surface area contributed by atoms with Gasteiger partial charge in [0.1, 0.15) is 29.6 Å². The molecule has 10 heteroatoms. The number of aliphatic hydroxyl groups excluding tert-OH is 1. The molecular weight excluding hydrogens is 618 g/mol. The van der Waals surface area contributed by atoms with Crippen LogP contribution in [-0.2, 0) is 19.3 Å². The van der Waals surface area contributed by atoms with Crippen LogP contribution in [0.5, 0.6) is 23.0 Å². The van der Waals surface area contributed by atoms with E-state index in [0.29, 0.717) is 51.1 Å². The lowest BCUT2D eigenvalue weighted by Crippen LogP contribution is -2.31. The SMILES string of the molecule is CCCCOc1ccc2c(Oc3ccc(OCCN(CC)CCOCCOCCO)cc3)c(-c3ccc(S(C)(=O)=O)cc3)ccc2c1. The van der Waals surface area contributed by atoms with E-state index in [4.69, 9.17) is 28.8 Å². The zero-order valence-electron chi connectivity index (χ0n) is 27.7. The average Bonchev–Trinajstić information content (AvgIpc) is 3.07. The lowest BCUT2D eigenvalue weighted by atomic mass is 9.99. The molecule has 0 aliphatic carbocycles. The third-order valence-corrected chi connectivity index (χ3v) is 8.76. The van der Waals surface area contributed by atoms with E-state index >= 15 is 0 Å². The van der Waals surface area contributed by atoms with Gasteiger partial charge in [-0.1, -0.05) is 38.5 Å². The molecular formula is C37H47NO8S. The Hall–Kier alpha value is -3.67. The van der Waals surface area contributed by atoms with Gasteiger partial charge < -0.3 is 28.8 Å². The number of unbranched alkanes of at least 4 members (excludes halogenated alkanes) is 1. The van der Waals surface area contributed by atoms with Crippen LogP contribution in [0.1, 0.15) is 26.7 Å². The minimum atomic E-state index is -3.31. The predicted octanol–water partition coefficient (Wildman–Crippen LogP) is 6.61. The molecule has 0 unspecified atom stereocenters. The fraction of sp³-hybridized carbons (Fsp3) is 0.405. The maximum Gasteiger partial charge on any atom is 0.175 e. The molecule has 4 rings (SSSR count). The summed E-state index contributed by atoms with van der Waals surface area (Å²) in [5, 5.41) is 10.6. The van der Waals surface area contributed by atoms with Gasteiger partial charge in [-0.05, 0) is 84.6 Å². The van der Waals surface area contributed by atoms with E-state index in [1.807, 2.05) is 66.7 Å². The summed E-state index contributed by atoms with van der Waals surface area (Å²) in [7, 11) is -3.31. The molecule has 0 atom stereocenters. The van der Waals surface area contributed by atoms with Gasteiger partial charge in [-0.25, -0.2) is 8.42 Å². The second-order valence-electron chi connectivity index (χ2n) is 11.1. The predicted molar refractivity (Wildman–Crippen MR) is 186 cm³/mol. The summed E-state index contributed by atoms with van der Waals surface area (Å²) in [4.78, 5) is 2.53. The first kappa shape index (κ1) is 36.2. The minimum Gasteiger partial charge on any atom is -0.494 e.